The number of nitrogens with one attached hydrogen (secondary N) is 1. The maximum atomic E-state index is 12.6. The van der Waals surface area contributed by atoms with E-state index >= 15 is 0 Å². The van der Waals surface area contributed by atoms with Crippen LogP contribution in [-0.2, 0) is 11.2 Å². The molecule has 2 amide bonds. The highest BCUT2D eigenvalue weighted by molar-refractivity contribution is 5.89. The van der Waals surface area contributed by atoms with E-state index < -0.39 is 0 Å². The molecular formula is C22H27N3O3. The normalized spacial score (nSPS) is 23.5. The summed E-state index contributed by atoms with van der Waals surface area (Å²) in [4.78, 5) is 18.8. The number of anilines is 1. The third-order valence-electron chi connectivity index (χ3n) is 5.77. The van der Waals surface area contributed by atoms with E-state index in [2.05, 4.69) is 10.3 Å². The van der Waals surface area contributed by atoms with Crippen LogP contribution >= 0.6 is 0 Å². The van der Waals surface area contributed by atoms with Gasteiger partial charge in [-0.25, -0.2) is 4.79 Å². The molecular weight excluding hydrogens is 354 g/mol. The number of nitrogens with zero attached hydrogens (tertiary/aromatic N) is 2. The maximum absolute atomic E-state index is 12.6. The van der Waals surface area contributed by atoms with Gasteiger partial charge in [0.1, 0.15) is 5.75 Å². The average molecular weight is 381 g/mol. The SMILES string of the molecule is COC1C2CCC1CN(C(=O)Nc1ccc(OCCc3ccccn3)cc1)C2. The maximum Gasteiger partial charge on any atom is 0.321 e. The molecule has 1 N–H and O–H groups in total. The molecule has 1 aliphatic heterocycles. The van der Waals surface area contributed by atoms with Crippen LogP contribution in [0.4, 0.5) is 10.5 Å². The van der Waals surface area contributed by atoms with Gasteiger partial charge in [-0.1, -0.05) is 6.07 Å². The first-order chi connectivity index (χ1) is 13.7. The van der Waals surface area contributed by atoms with Crippen molar-refractivity contribution in [3.63, 3.8) is 0 Å². The molecule has 2 aromatic rings. The van der Waals surface area contributed by atoms with Crippen LogP contribution in [0.1, 0.15) is 18.5 Å². The number of hydrogen-bond donors (Lipinski definition) is 1. The lowest BCUT2D eigenvalue weighted by atomic mass is 9.95. The van der Waals surface area contributed by atoms with Gasteiger partial charge in [-0.3, -0.25) is 4.98 Å². The van der Waals surface area contributed by atoms with Crippen LogP contribution in [0.5, 0.6) is 5.75 Å². The smallest absolute Gasteiger partial charge is 0.321 e. The molecule has 6 nitrogen and oxygen atoms in total. The Labute approximate surface area is 165 Å². The number of carbonyl (C=O) groups excluding carboxylic acids is 1. The Hall–Kier alpha value is -2.60. The van der Waals surface area contributed by atoms with Gasteiger partial charge in [0.25, 0.3) is 0 Å². The number of fused-ring (bicyclic) bond motifs is 2. The van der Waals surface area contributed by atoms with Gasteiger partial charge in [0.2, 0.25) is 0 Å². The number of piperidine rings is 1. The van der Waals surface area contributed by atoms with Gasteiger partial charge in [-0.05, 0) is 49.2 Å². The Morgan fingerprint density at radius 1 is 1.14 bits per heavy atom. The van der Waals surface area contributed by atoms with Crippen LogP contribution in [0.3, 0.4) is 0 Å². The second-order valence-electron chi connectivity index (χ2n) is 7.58. The number of urea groups is 1. The molecule has 1 saturated carbocycles. The van der Waals surface area contributed by atoms with Crippen molar-refractivity contribution in [1.82, 2.24) is 9.88 Å². The summed E-state index contributed by atoms with van der Waals surface area (Å²) in [6.07, 6.45) is 5.16. The third-order valence-corrected chi connectivity index (χ3v) is 5.77. The lowest BCUT2D eigenvalue weighted by Gasteiger charge is -2.37. The standard InChI is InChI=1S/C22H27N3O3/c1-27-21-16-5-6-17(21)15-25(14-16)22(26)24-19-7-9-20(10-8-19)28-13-11-18-4-2-3-12-23-18/h2-4,7-10,12,16-17,21H,5-6,11,13-15H2,1H3,(H,24,26). The summed E-state index contributed by atoms with van der Waals surface area (Å²) in [6.45, 7) is 2.12. The summed E-state index contributed by atoms with van der Waals surface area (Å²) < 4.78 is 11.4. The van der Waals surface area contributed by atoms with Crippen molar-refractivity contribution in [2.75, 3.05) is 32.1 Å². The fraction of sp³-hybridized carbons (Fsp3) is 0.455. The molecule has 2 unspecified atom stereocenters. The van der Waals surface area contributed by atoms with Crippen molar-refractivity contribution in [1.29, 1.82) is 0 Å². The van der Waals surface area contributed by atoms with E-state index in [-0.39, 0.29) is 6.03 Å². The molecule has 2 bridgehead atoms. The van der Waals surface area contributed by atoms with Crippen molar-refractivity contribution >= 4 is 11.7 Å². The molecule has 2 fully saturated rings. The number of methoxy groups -OCH3 is 1. The van der Waals surface area contributed by atoms with Crippen molar-refractivity contribution < 1.29 is 14.3 Å². The summed E-state index contributed by atoms with van der Waals surface area (Å²) >= 11 is 0. The second-order valence-corrected chi connectivity index (χ2v) is 7.58. The van der Waals surface area contributed by atoms with E-state index in [0.717, 1.165) is 49.5 Å². The molecule has 148 valence electrons. The summed E-state index contributed by atoms with van der Waals surface area (Å²) in [5.74, 6) is 1.71. The number of pyridine rings is 1. The van der Waals surface area contributed by atoms with Crippen molar-refractivity contribution in [2.45, 2.75) is 25.4 Å². The molecule has 28 heavy (non-hydrogen) atoms. The highest BCUT2D eigenvalue weighted by Crippen LogP contribution is 2.38. The van der Waals surface area contributed by atoms with E-state index in [4.69, 9.17) is 9.47 Å². The zero-order chi connectivity index (χ0) is 19.3. The van der Waals surface area contributed by atoms with Gasteiger partial charge in [0.15, 0.2) is 0 Å². The number of benzene rings is 1. The number of ether oxygens (including phenoxy) is 2. The van der Waals surface area contributed by atoms with Crippen LogP contribution in [-0.4, -0.2) is 48.8 Å². The minimum atomic E-state index is -0.0322. The lowest BCUT2D eigenvalue weighted by Crippen LogP contribution is -2.49. The molecule has 2 atom stereocenters. The fourth-order valence-corrected chi connectivity index (χ4v) is 4.38. The molecule has 6 heteroatoms. The zero-order valence-corrected chi connectivity index (χ0v) is 16.2. The van der Waals surface area contributed by atoms with Crippen molar-refractivity contribution in [2.24, 2.45) is 11.8 Å². The Balaban J connectivity index is 1.26. The Bertz CT molecular complexity index is 767. The molecule has 0 radical (unpaired) electrons. The van der Waals surface area contributed by atoms with Crippen LogP contribution in [0.15, 0.2) is 48.7 Å². The monoisotopic (exact) mass is 381 g/mol. The summed E-state index contributed by atoms with van der Waals surface area (Å²) in [5, 5.41) is 3.00. The first kappa shape index (κ1) is 18.7. The van der Waals surface area contributed by atoms with Gasteiger partial charge in [0, 0.05) is 56.0 Å². The Morgan fingerprint density at radius 3 is 2.54 bits per heavy atom. The summed E-state index contributed by atoms with van der Waals surface area (Å²) in [5.41, 5.74) is 1.79. The molecule has 1 saturated heterocycles. The molecule has 0 spiro atoms. The van der Waals surface area contributed by atoms with E-state index in [9.17, 15) is 4.79 Å². The molecule has 1 aliphatic carbocycles. The minimum absolute atomic E-state index is 0.0322. The Kier molecular flexibility index (Phi) is 5.76. The average Bonchev–Trinajstić information content (AvgIpc) is 2.97. The van der Waals surface area contributed by atoms with E-state index in [0.29, 0.717) is 24.5 Å². The van der Waals surface area contributed by atoms with Gasteiger partial charge in [-0.2, -0.15) is 0 Å². The quantitative estimate of drug-likeness (QED) is 0.831. The highest BCUT2D eigenvalue weighted by atomic mass is 16.5. The van der Waals surface area contributed by atoms with E-state index in [1.807, 2.05) is 47.4 Å². The summed E-state index contributed by atoms with van der Waals surface area (Å²) in [6, 6.07) is 13.4. The molecule has 1 aromatic heterocycles. The van der Waals surface area contributed by atoms with Gasteiger partial charge < -0.3 is 19.7 Å². The van der Waals surface area contributed by atoms with Crippen molar-refractivity contribution in [3.05, 3.63) is 54.4 Å². The highest BCUT2D eigenvalue weighted by Gasteiger charge is 2.43. The molecule has 2 heterocycles. The second kappa shape index (κ2) is 8.61. The van der Waals surface area contributed by atoms with E-state index in [1.54, 1.807) is 13.3 Å². The van der Waals surface area contributed by atoms with Crippen LogP contribution in [0.25, 0.3) is 0 Å². The first-order valence-electron chi connectivity index (χ1n) is 9.94. The Morgan fingerprint density at radius 2 is 1.89 bits per heavy atom. The van der Waals surface area contributed by atoms with Gasteiger partial charge in [-0.15, -0.1) is 0 Å². The van der Waals surface area contributed by atoms with Crippen molar-refractivity contribution in [3.8, 4) is 5.75 Å². The molecule has 2 aliphatic rings. The minimum Gasteiger partial charge on any atom is -0.493 e. The number of aromatic nitrogens is 1. The first-order valence-corrected chi connectivity index (χ1v) is 9.94. The number of rotatable bonds is 6. The fourth-order valence-electron chi connectivity index (χ4n) is 4.38. The number of carbonyl (C=O) groups is 1. The van der Waals surface area contributed by atoms with Crippen LogP contribution < -0.4 is 10.1 Å². The zero-order valence-electron chi connectivity index (χ0n) is 16.2. The van der Waals surface area contributed by atoms with Crippen LogP contribution in [0.2, 0.25) is 0 Å². The largest absolute Gasteiger partial charge is 0.493 e. The van der Waals surface area contributed by atoms with Gasteiger partial charge >= 0.3 is 6.03 Å². The summed E-state index contributed by atoms with van der Waals surface area (Å²) in [7, 11) is 1.78. The van der Waals surface area contributed by atoms with E-state index in [1.165, 1.54) is 0 Å². The predicted molar refractivity (Wildman–Crippen MR) is 107 cm³/mol. The third kappa shape index (κ3) is 4.28. The molecule has 4 rings (SSSR count). The number of amides is 2. The topological polar surface area (TPSA) is 63.7 Å². The number of hydrogen-bond acceptors (Lipinski definition) is 4. The van der Waals surface area contributed by atoms with Gasteiger partial charge in [0.05, 0.1) is 12.7 Å². The lowest BCUT2D eigenvalue weighted by molar-refractivity contribution is -0.00364. The van der Waals surface area contributed by atoms with Crippen LogP contribution in [0, 0.1) is 11.8 Å². The predicted octanol–water partition coefficient (Wildman–Crippen LogP) is 3.59. The number of likely N-dealkylation sites (tertiary alicyclic amines) is 1. The molecule has 1 aromatic carbocycles.